The molecule has 4 rings (SSSR count). The van der Waals surface area contributed by atoms with Gasteiger partial charge in [0.25, 0.3) is 0 Å². The zero-order chi connectivity index (χ0) is 15.8. The summed E-state index contributed by atoms with van der Waals surface area (Å²) in [6, 6.07) is 17.9. The predicted octanol–water partition coefficient (Wildman–Crippen LogP) is 6.18. The number of aryl methyl sites for hydroxylation is 2. The van der Waals surface area contributed by atoms with Crippen molar-refractivity contribution in [2.75, 3.05) is 0 Å². The van der Waals surface area contributed by atoms with E-state index >= 15 is 0 Å². The van der Waals surface area contributed by atoms with Crippen LogP contribution in [0.25, 0.3) is 22.2 Å². The summed E-state index contributed by atoms with van der Waals surface area (Å²) in [5, 5.41) is 1.24. The van der Waals surface area contributed by atoms with Gasteiger partial charge < -0.3 is 0 Å². The molecule has 116 valence electrons. The van der Waals surface area contributed by atoms with Gasteiger partial charge in [-0.3, -0.25) is 0 Å². The number of pyridine rings is 1. The number of benzene rings is 2. The van der Waals surface area contributed by atoms with Crippen LogP contribution in [0.2, 0.25) is 0 Å². The lowest BCUT2D eigenvalue weighted by atomic mass is 9.96. The number of fused-ring (bicyclic) bond motifs is 1. The fourth-order valence-corrected chi connectivity index (χ4v) is 3.93. The standard InChI is InChI=1S/C22H23N/c1-15-11-16(2)13-20(12-15)21-10-9-18-7-8-19(14-22(18)23-21)17-5-3-4-6-17/h7-14,17H,3-6H2,1-2H3. The molecule has 0 atom stereocenters. The molecule has 1 aliphatic carbocycles. The van der Waals surface area contributed by atoms with E-state index in [1.807, 2.05) is 0 Å². The molecule has 1 heteroatoms. The Morgan fingerprint density at radius 1 is 0.826 bits per heavy atom. The van der Waals surface area contributed by atoms with Crippen molar-refractivity contribution in [3.63, 3.8) is 0 Å². The molecule has 0 aliphatic heterocycles. The second kappa shape index (κ2) is 5.81. The van der Waals surface area contributed by atoms with Crippen molar-refractivity contribution >= 4 is 10.9 Å². The Kier molecular flexibility index (Phi) is 3.65. The Morgan fingerprint density at radius 3 is 2.26 bits per heavy atom. The first-order chi connectivity index (χ1) is 11.2. The van der Waals surface area contributed by atoms with Crippen LogP contribution in [0.5, 0.6) is 0 Å². The van der Waals surface area contributed by atoms with Gasteiger partial charge in [0.2, 0.25) is 0 Å². The molecule has 0 bridgehead atoms. The van der Waals surface area contributed by atoms with E-state index in [4.69, 9.17) is 4.98 Å². The van der Waals surface area contributed by atoms with Gasteiger partial charge in [-0.05, 0) is 62.4 Å². The monoisotopic (exact) mass is 301 g/mol. The zero-order valence-corrected chi connectivity index (χ0v) is 14.0. The minimum atomic E-state index is 0.742. The number of rotatable bonds is 2. The Bertz CT molecular complexity index is 837. The number of nitrogens with zero attached hydrogens (tertiary/aromatic N) is 1. The first-order valence-electron chi connectivity index (χ1n) is 8.68. The first-order valence-corrected chi connectivity index (χ1v) is 8.68. The molecular weight excluding hydrogens is 278 g/mol. The van der Waals surface area contributed by atoms with Crippen molar-refractivity contribution < 1.29 is 0 Å². The zero-order valence-electron chi connectivity index (χ0n) is 14.0. The molecule has 2 aromatic carbocycles. The maximum absolute atomic E-state index is 4.96. The molecular formula is C22H23N. The van der Waals surface area contributed by atoms with Gasteiger partial charge in [0, 0.05) is 10.9 Å². The third kappa shape index (κ3) is 2.88. The molecule has 0 unspecified atom stereocenters. The molecule has 1 aromatic heterocycles. The lowest BCUT2D eigenvalue weighted by Gasteiger charge is -2.11. The summed E-state index contributed by atoms with van der Waals surface area (Å²) < 4.78 is 0. The van der Waals surface area contributed by atoms with Gasteiger partial charge in [-0.1, -0.05) is 48.2 Å². The van der Waals surface area contributed by atoms with Crippen molar-refractivity contribution in [3.05, 3.63) is 65.2 Å². The molecule has 3 aromatic rings. The van der Waals surface area contributed by atoms with Crippen LogP contribution >= 0.6 is 0 Å². The minimum absolute atomic E-state index is 0.742. The maximum Gasteiger partial charge on any atom is 0.0712 e. The smallest absolute Gasteiger partial charge is 0.0712 e. The van der Waals surface area contributed by atoms with Crippen molar-refractivity contribution in [1.82, 2.24) is 4.98 Å². The van der Waals surface area contributed by atoms with Gasteiger partial charge in [-0.2, -0.15) is 0 Å². The summed E-state index contributed by atoms with van der Waals surface area (Å²) >= 11 is 0. The van der Waals surface area contributed by atoms with E-state index in [1.54, 1.807) is 0 Å². The van der Waals surface area contributed by atoms with E-state index in [2.05, 4.69) is 62.4 Å². The first kappa shape index (κ1) is 14.4. The highest BCUT2D eigenvalue weighted by atomic mass is 14.7. The van der Waals surface area contributed by atoms with E-state index in [-0.39, 0.29) is 0 Å². The highest BCUT2D eigenvalue weighted by Gasteiger charge is 2.17. The predicted molar refractivity (Wildman–Crippen MR) is 97.9 cm³/mol. The highest BCUT2D eigenvalue weighted by Crippen LogP contribution is 2.35. The quantitative estimate of drug-likeness (QED) is 0.551. The molecule has 1 nitrogen and oxygen atoms in total. The fourth-order valence-electron chi connectivity index (χ4n) is 3.93. The maximum atomic E-state index is 4.96. The molecule has 1 saturated carbocycles. The van der Waals surface area contributed by atoms with Gasteiger partial charge in [0.15, 0.2) is 0 Å². The summed E-state index contributed by atoms with van der Waals surface area (Å²) in [6.45, 7) is 4.30. The third-order valence-corrected chi connectivity index (χ3v) is 5.06. The van der Waals surface area contributed by atoms with Gasteiger partial charge >= 0.3 is 0 Å². The summed E-state index contributed by atoms with van der Waals surface area (Å²) in [7, 11) is 0. The number of hydrogen-bond acceptors (Lipinski definition) is 1. The second-order valence-corrected chi connectivity index (χ2v) is 7.01. The highest BCUT2D eigenvalue weighted by molar-refractivity contribution is 5.82. The Hall–Kier alpha value is -2.15. The Morgan fingerprint density at radius 2 is 1.52 bits per heavy atom. The minimum Gasteiger partial charge on any atom is -0.248 e. The van der Waals surface area contributed by atoms with E-state index in [0.717, 1.165) is 17.1 Å². The number of hydrogen-bond donors (Lipinski definition) is 0. The Labute approximate surface area is 138 Å². The average molecular weight is 301 g/mol. The van der Waals surface area contributed by atoms with Crippen LogP contribution in [0, 0.1) is 13.8 Å². The SMILES string of the molecule is Cc1cc(C)cc(-c2ccc3ccc(C4CCCC4)cc3n2)c1. The largest absolute Gasteiger partial charge is 0.248 e. The van der Waals surface area contributed by atoms with Crippen LogP contribution < -0.4 is 0 Å². The van der Waals surface area contributed by atoms with Crippen molar-refractivity contribution in [2.24, 2.45) is 0 Å². The van der Waals surface area contributed by atoms with Gasteiger partial charge in [-0.25, -0.2) is 4.98 Å². The topological polar surface area (TPSA) is 12.9 Å². The molecule has 1 fully saturated rings. The molecule has 0 saturated heterocycles. The molecule has 0 N–H and O–H groups in total. The van der Waals surface area contributed by atoms with Crippen molar-refractivity contribution in [2.45, 2.75) is 45.4 Å². The van der Waals surface area contributed by atoms with Gasteiger partial charge in [0.1, 0.15) is 0 Å². The second-order valence-electron chi connectivity index (χ2n) is 7.01. The summed E-state index contributed by atoms with van der Waals surface area (Å²) in [5.74, 6) is 0.742. The van der Waals surface area contributed by atoms with Crippen LogP contribution in [0.3, 0.4) is 0 Å². The summed E-state index contributed by atoms with van der Waals surface area (Å²) in [5.41, 5.74) is 7.48. The lowest BCUT2D eigenvalue weighted by Crippen LogP contribution is -1.93. The summed E-state index contributed by atoms with van der Waals surface area (Å²) in [6.07, 6.45) is 5.42. The van der Waals surface area contributed by atoms with Crippen molar-refractivity contribution in [1.29, 1.82) is 0 Å². The van der Waals surface area contributed by atoms with Crippen molar-refractivity contribution in [3.8, 4) is 11.3 Å². The van der Waals surface area contributed by atoms with E-state index in [1.165, 1.54) is 53.3 Å². The van der Waals surface area contributed by atoms with Crippen LogP contribution in [0.1, 0.15) is 48.3 Å². The van der Waals surface area contributed by atoms with Gasteiger partial charge in [0.05, 0.1) is 11.2 Å². The fraction of sp³-hybridized carbons (Fsp3) is 0.318. The molecule has 0 spiro atoms. The molecule has 1 heterocycles. The van der Waals surface area contributed by atoms with E-state index < -0.39 is 0 Å². The van der Waals surface area contributed by atoms with E-state index in [9.17, 15) is 0 Å². The average Bonchev–Trinajstić information content (AvgIpc) is 3.07. The van der Waals surface area contributed by atoms with Crippen LogP contribution in [-0.4, -0.2) is 4.98 Å². The van der Waals surface area contributed by atoms with Crippen LogP contribution in [0.15, 0.2) is 48.5 Å². The molecule has 0 radical (unpaired) electrons. The summed E-state index contributed by atoms with van der Waals surface area (Å²) in [4.78, 5) is 4.96. The third-order valence-electron chi connectivity index (χ3n) is 5.06. The molecule has 0 amide bonds. The van der Waals surface area contributed by atoms with Crippen LogP contribution in [0.4, 0.5) is 0 Å². The molecule has 23 heavy (non-hydrogen) atoms. The lowest BCUT2D eigenvalue weighted by molar-refractivity contribution is 0.724. The number of aromatic nitrogens is 1. The van der Waals surface area contributed by atoms with Gasteiger partial charge in [-0.15, -0.1) is 0 Å². The van der Waals surface area contributed by atoms with Crippen LogP contribution in [-0.2, 0) is 0 Å². The molecule has 1 aliphatic rings. The normalized spacial score (nSPS) is 15.4. The Balaban J connectivity index is 1.79. The van der Waals surface area contributed by atoms with E-state index in [0.29, 0.717) is 0 Å².